The fourth-order valence-electron chi connectivity index (χ4n) is 5.42. The molecule has 4 aromatic rings. The minimum Gasteiger partial charge on any atom is -0.444 e. The highest BCUT2D eigenvalue weighted by Crippen LogP contribution is 2.29. The molecule has 0 spiro atoms. The van der Waals surface area contributed by atoms with Crippen molar-refractivity contribution in [2.75, 3.05) is 29.9 Å². The molecule has 0 saturated carbocycles. The third-order valence-corrected chi connectivity index (χ3v) is 7.72. The third kappa shape index (κ3) is 7.52. The highest BCUT2D eigenvalue weighted by atomic mass is 16.6. The van der Waals surface area contributed by atoms with Crippen LogP contribution in [0.4, 0.5) is 21.2 Å². The van der Waals surface area contributed by atoms with Crippen LogP contribution >= 0.6 is 0 Å². The maximum atomic E-state index is 13.9. The molecule has 2 N–H and O–H groups in total. The summed E-state index contributed by atoms with van der Waals surface area (Å²) in [5, 5.41) is 19.0. The monoisotopic (exact) mass is 634 g/mol. The van der Waals surface area contributed by atoms with Crippen LogP contribution in [0.15, 0.2) is 42.9 Å². The van der Waals surface area contributed by atoms with Gasteiger partial charge in [-0.05, 0) is 66.0 Å². The second kappa shape index (κ2) is 12.8. The van der Waals surface area contributed by atoms with E-state index in [1.165, 1.54) is 0 Å². The number of aliphatic hydroxyl groups excluding tert-OH is 1. The number of aliphatic hydroxyl groups is 1. The molecular formula is C33H46N8O5. The molecule has 0 aliphatic carbocycles. The Balaban J connectivity index is 1.46. The van der Waals surface area contributed by atoms with Crippen LogP contribution in [0.25, 0.3) is 11.3 Å². The van der Waals surface area contributed by atoms with Gasteiger partial charge in [0, 0.05) is 36.8 Å². The molecule has 46 heavy (non-hydrogen) atoms. The minimum absolute atomic E-state index is 0.126. The van der Waals surface area contributed by atoms with Crippen molar-refractivity contribution in [3.8, 4) is 0 Å². The summed E-state index contributed by atoms with van der Waals surface area (Å²) < 4.78 is 15.0. The van der Waals surface area contributed by atoms with Crippen LogP contribution in [0.5, 0.6) is 0 Å². The van der Waals surface area contributed by atoms with Crippen molar-refractivity contribution in [2.24, 2.45) is 5.92 Å². The van der Waals surface area contributed by atoms with Crippen molar-refractivity contribution in [1.29, 1.82) is 0 Å². The molecule has 0 radical (unpaired) electrons. The first-order valence-corrected chi connectivity index (χ1v) is 15.8. The van der Waals surface area contributed by atoms with Gasteiger partial charge in [-0.1, -0.05) is 19.9 Å². The Morgan fingerprint density at radius 2 is 1.85 bits per heavy atom. The maximum Gasteiger partial charge on any atom is 0.416 e. The fourth-order valence-corrected chi connectivity index (χ4v) is 5.42. The largest absolute Gasteiger partial charge is 0.444 e. The van der Waals surface area contributed by atoms with Gasteiger partial charge in [0.15, 0.2) is 5.65 Å². The van der Waals surface area contributed by atoms with E-state index < -0.39 is 29.5 Å². The zero-order valence-electron chi connectivity index (χ0n) is 28.0. The number of ether oxygens (including phenoxy) is 2. The zero-order chi connectivity index (χ0) is 33.4. The van der Waals surface area contributed by atoms with Crippen LogP contribution in [0.1, 0.15) is 79.0 Å². The Kier molecular flexibility index (Phi) is 9.16. The summed E-state index contributed by atoms with van der Waals surface area (Å²) in [7, 11) is 0. The zero-order valence-corrected chi connectivity index (χ0v) is 28.0. The van der Waals surface area contributed by atoms with Crippen LogP contribution in [0.3, 0.4) is 0 Å². The molecule has 1 aliphatic heterocycles. The molecule has 2 amide bonds. The van der Waals surface area contributed by atoms with E-state index in [4.69, 9.17) is 14.5 Å². The topological polar surface area (TPSA) is 139 Å². The van der Waals surface area contributed by atoms with E-state index in [9.17, 15) is 14.7 Å². The molecule has 5 rings (SSSR count). The second-order valence-electron chi connectivity index (χ2n) is 14.2. The molecule has 13 heteroatoms. The summed E-state index contributed by atoms with van der Waals surface area (Å²) in [4.78, 5) is 38.9. The van der Waals surface area contributed by atoms with E-state index in [1.54, 1.807) is 32.8 Å². The summed E-state index contributed by atoms with van der Waals surface area (Å²) in [6, 6.07) is 7.51. The van der Waals surface area contributed by atoms with Gasteiger partial charge >= 0.3 is 12.2 Å². The number of amides is 2. The number of carbonyl (C=O) groups excluding carboxylic acids is 2. The molecule has 2 atom stereocenters. The minimum atomic E-state index is -0.744. The van der Waals surface area contributed by atoms with Crippen LogP contribution in [-0.2, 0) is 16.0 Å². The van der Waals surface area contributed by atoms with E-state index >= 15 is 0 Å². The number of rotatable bonds is 7. The SMILES string of the molecule is CC(C)c1cnn2c(N(Cc3cnc4ccccn34)C(=O)OC(C)(C)C)cc(NC[C@H]3CCN(C(=O)OC(C)(C)C)C[C@@H]3O)nc12. The van der Waals surface area contributed by atoms with Gasteiger partial charge < -0.3 is 29.2 Å². The number of pyridine rings is 1. The highest BCUT2D eigenvalue weighted by molar-refractivity contribution is 5.88. The van der Waals surface area contributed by atoms with Gasteiger partial charge in [0.25, 0.3) is 0 Å². The molecule has 1 fully saturated rings. The van der Waals surface area contributed by atoms with Gasteiger partial charge in [-0.2, -0.15) is 9.61 Å². The first kappa shape index (κ1) is 33.0. The Morgan fingerprint density at radius 3 is 2.52 bits per heavy atom. The third-order valence-electron chi connectivity index (χ3n) is 7.72. The number of hydrogen-bond donors (Lipinski definition) is 2. The number of carbonyl (C=O) groups is 2. The highest BCUT2D eigenvalue weighted by Gasteiger charge is 2.33. The Labute approximate surface area is 269 Å². The number of aromatic nitrogens is 5. The smallest absolute Gasteiger partial charge is 0.416 e. The van der Waals surface area contributed by atoms with Crippen LogP contribution in [0.2, 0.25) is 0 Å². The Bertz CT molecular complexity index is 1700. The number of anilines is 2. The quantitative estimate of drug-likeness (QED) is 0.271. The number of imidazole rings is 1. The molecule has 248 valence electrons. The van der Waals surface area contributed by atoms with Crippen molar-refractivity contribution in [3.05, 3.63) is 54.1 Å². The number of piperidine rings is 1. The van der Waals surface area contributed by atoms with Gasteiger partial charge in [-0.3, -0.25) is 4.90 Å². The number of hydrogen-bond acceptors (Lipinski definition) is 9. The van der Waals surface area contributed by atoms with Gasteiger partial charge in [0.1, 0.15) is 28.5 Å². The van der Waals surface area contributed by atoms with Crippen molar-refractivity contribution >= 4 is 35.1 Å². The number of nitrogens with zero attached hydrogens (tertiary/aromatic N) is 7. The average Bonchev–Trinajstić information content (AvgIpc) is 3.57. The molecule has 1 aliphatic rings. The molecule has 0 aromatic carbocycles. The maximum absolute atomic E-state index is 13.9. The van der Waals surface area contributed by atoms with Gasteiger partial charge in [0.2, 0.25) is 0 Å². The summed E-state index contributed by atoms with van der Waals surface area (Å²) in [6.07, 6.45) is 4.31. The predicted molar refractivity (Wildman–Crippen MR) is 175 cm³/mol. The summed E-state index contributed by atoms with van der Waals surface area (Å²) in [5.41, 5.74) is 1.75. The molecule has 13 nitrogen and oxygen atoms in total. The van der Waals surface area contributed by atoms with E-state index in [0.717, 1.165) is 16.9 Å². The van der Waals surface area contributed by atoms with E-state index in [2.05, 4.69) is 29.2 Å². The Morgan fingerprint density at radius 1 is 1.11 bits per heavy atom. The van der Waals surface area contributed by atoms with E-state index in [1.807, 2.05) is 70.3 Å². The lowest BCUT2D eigenvalue weighted by Crippen LogP contribution is -2.49. The number of likely N-dealkylation sites (tertiary alicyclic amines) is 1. The van der Waals surface area contributed by atoms with Crippen molar-refractivity contribution in [1.82, 2.24) is 28.9 Å². The lowest BCUT2D eigenvalue weighted by Gasteiger charge is -2.36. The molecule has 0 bridgehead atoms. The molecule has 5 heterocycles. The van der Waals surface area contributed by atoms with Gasteiger partial charge in [0.05, 0.1) is 37.3 Å². The predicted octanol–water partition coefficient (Wildman–Crippen LogP) is 5.47. The van der Waals surface area contributed by atoms with Crippen LogP contribution in [0, 0.1) is 5.92 Å². The van der Waals surface area contributed by atoms with Gasteiger partial charge in [-0.25, -0.2) is 19.6 Å². The van der Waals surface area contributed by atoms with Crippen molar-refractivity contribution in [2.45, 2.75) is 91.6 Å². The van der Waals surface area contributed by atoms with E-state index in [0.29, 0.717) is 36.8 Å². The first-order valence-electron chi connectivity index (χ1n) is 15.8. The van der Waals surface area contributed by atoms with Crippen LogP contribution in [-0.4, -0.2) is 83.1 Å². The molecule has 1 saturated heterocycles. The lowest BCUT2D eigenvalue weighted by atomic mass is 9.94. The normalized spacial score (nSPS) is 17.5. The molecule has 0 unspecified atom stereocenters. The van der Waals surface area contributed by atoms with Crippen molar-refractivity contribution in [3.63, 3.8) is 0 Å². The molecule has 4 aromatic heterocycles. The van der Waals surface area contributed by atoms with E-state index in [-0.39, 0.29) is 24.9 Å². The second-order valence-corrected chi connectivity index (χ2v) is 14.2. The number of fused-ring (bicyclic) bond motifs is 2. The number of β-amino-alcohol motifs (C(OH)–C–C–N with tert-alkyl or cyclic N) is 1. The summed E-state index contributed by atoms with van der Waals surface area (Å²) in [6.45, 7) is 16.3. The Hall–Kier alpha value is -4.39. The lowest BCUT2D eigenvalue weighted by molar-refractivity contribution is -0.0104. The standard InChI is InChI=1S/C33H46N8O5/c1-21(2)24-18-36-41-28(40(31(44)46-33(6,7)8)19-23-17-35-27-11-9-10-13-39(23)27)15-26(37-29(24)41)34-16-22-12-14-38(20-25(22)42)30(43)45-32(3,4)5/h9-11,13,15,17-18,21-22,25,42H,12,14,16,19-20H2,1-8H3,(H,34,37)/t22-,25+/m1/s1. The van der Waals surface area contributed by atoms with Gasteiger partial charge in [-0.15, -0.1) is 0 Å². The first-order chi connectivity index (χ1) is 21.6. The molecular weight excluding hydrogens is 588 g/mol. The average molecular weight is 635 g/mol. The summed E-state index contributed by atoms with van der Waals surface area (Å²) >= 11 is 0. The number of nitrogens with one attached hydrogen (secondary N) is 1. The fraction of sp³-hybridized carbons (Fsp3) is 0.545. The van der Waals surface area contributed by atoms with Crippen molar-refractivity contribution < 1.29 is 24.2 Å². The summed E-state index contributed by atoms with van der Waals surface area (Å²) in [5.74, 6) is 0.994. The van der Waals surface area contributed by atoms with Crippen LogP contribution < -0.4 is 10.2 Å².